The second-order valence-electron chi connectivity index (χ2n) is 5.51. The van der Waals surface area contributed by atoms with Gasteiger partial charge < -0.3 is 10.1 Å². The predicted molar refractivity (Wildman–Crippen MR) is 105 cm³/mol. The zero-order valence-corrected chi connectivity index (χ0v) is 16.4. The molecule has 0 fully saturated rings. The van der Waals surface area contributed by atoms with E-state index in [0.29, 0.717) is 21.4 Å². The lowest BCUT2D eigenvalue weighted by atomic mass is 10.2. The van der Waals surface area contributed by atoms with Gasteiger partial charge in [-0.15, -0.1) is 11.3 Å². The summed E-state index contributed by atoms with van der Waals surface area (Å²) in [6, 6.07) is 9.23. The number of ether oxygens (including phenoxy) is 1. The summed E-state index contributed by atoms with van der Waals surface area (Å²) >= 11 is 13.6. The molecule has 1 N–H and O–H groups in total. The molecular formula is C18H15Cl2N3O2S. The Kier molecular flexibility index (Phi) is 5.76. The van der Waals surface area contributed by atoms with Gasteiger partial charge in [0.1, 0.15) is 10.9 Å². The first kappa shape index (κ1) is 18.6. The number of nitrogens with one attached hydrogen (secondary N) is 1. The van der Waals surface area contributed by atoms with Crippen LogP contribution in [0.5, 0.6) is 5.75 Å². The van der Waals surface area contributed by atoms with Crippen molar-refractivity contribution in [3.8, 4) is 17.0 Å². The van der Waals surface area contributed by atoms with E-state index in [1.807, 2.05) is 29.6 Å². The highest BCUT2D eigenvalue weighted by molar-refractivity contribution is 7.14. The Morgan fingerprint density at radius 1 is 1.23 bits per heavy atom. The number of pyridine rings is 1. The Morgan fingerprint density at radius 3 is 2.62 bits per heavy atom. The van der Waals surface area contributed by atoms with Gasteiger partial charge in [-0.2, -0.15) is 0 Å². The molecule has 26 heavy (non-hydrogen) atoms. The number of halogens is 2. The number of hydrogen-bond donors (Lipinski definition) is 1. The third-order valence-corrected chi connectivity index (χ3v) is 5.03. The number of carbonyl (C=O) groups excluding carboxylic acids is 1. The van der Waals surface area contributed by atoms with E-state index in [9.17, 15) is 4.79 Å². The molecule has 2 aromatic heterocycles. The van der Waals surface area contributed by atoms with E-state index >= 15 is 0 Å². The topological polar surface area (TPSA) is 64.1 Å². The fourth-order valence-electron chi connectivity index (χ4n) is 2.33. The predicted octanol–water partition coefficient (Wildman–Crippen LogP) is 5.01. The van der Waals surface area contributed by atoms with Gasteiger partial charge >= 0.3 is 0 Å². The Bertz CT molecular complexity index is 919. The van der Waals surface area contributed by atoms with Crippen LogP contribution in [0.25, 0.3) is 11.3 Å². The minimum Gasteiger partial charge on any atom is -0.497 e. The van der Waals surface area contributed by atoms with E-state index in [0.717, 1.165) is 17.0 Å². The fourth-order valence-corrected chi connectivity index (χ4v) is 3.73. The van der Waals surface area contributed by atoms with Crippen molar-refractivity contribution in [2.24, 2.45) is 0 Å². The number of hydrogen-bond acceptors (Lipinski definition) is 5. The summed E-state index contributed by atoms with van der Waals surface area (Å²) in [5.74, 6) is 0.521. The summed E-state index contributed by atoms with van der Waals surface area (Å²) in [6.45, 7) is 1.79. The van der Waals surface area contributed by atoms with E-state index in [1.165, 1.54) is 11.3 Å². The van der Waals surface area contributed by atoms with Crippen molar-refractivity contribution < 1.29 is 9.53 Å². The zero-order chi connectivity index (χ0) is 18.7. The fraction of sp³-hybridized carbons (Fsp3) is 0.167. The van der Waals surface area contributed by atoms with Crippen molar-refractivity contribution in [3.63, 3.8) is 0 Å². The van der Waals surface area contributed by atoms with E-state index in [2.05, 4.69) is 15.3 Å². The van der Waals surface area contributed by atoms with Crippen molar-refractivity contribution in [1.82, 2.24) is 9.97 Å². The average molecular weight is 408 g/mol. The van der Waals surface area contributed by atoms with Crippen LogP contribution in [0.15, 0.2) is 35.7 Å². The maximum absolute atomic E-state index is 12.3. The summed E-state index contributed by atoms with van der Waals surface area (Å²) < 4.78 is 5.14. The number of aryl methyl sites for hydroxylation is 1. The molecule has 0 aliphatic carbocycles. The standard InChI is InChI=1S/C18H15Cl2N3O2S/c1-10-7-14(19)13(17(20)21-10)8-16(24)23-18-22-15(9-26-18)11-3-5-12(25-2)6-4-11/h3-7,9H,8H2,1-2H3,(H,22,23,24). The van der Waals surface area contributed by atoms with Crippen molar-refractivity contribution in [3.05, 3.63) is 57.1 Å². The van der Waals surface area contributed by atoms with Crippen molar-refractivity contribution >= 4 is 45.6 Å². The quantitative estimate of drug-likeness (QED) is 0.603. The van der Waals surface area contributed by atoms with Crippen LogP contribution in [0.3, 0.4) is 0 Å². The van der Waals surface area contributed by atoms with Crippen LogP contribution >= 0.6 is 34.5 Å². The van der Waals surface area contributed by atoms with Crippen LogP contribution in [0.2, 0.25) is 10.2 Å². The summed E-state index contributed by atoms with van der Waals surface area (Å²) in [6.07, 6.45) is 0.0302. The van der Waals surface area contributed by atoms with Crippen molar-refractivity contribution in [2.75, 3.05) is 12.4 Å². The second-order valence-corrected chi connectivity index (χ2v) is 7.13. The van der Waals surface area contributed by atoms with E-state index in [4.69, 9.17) is 27.9 Å². The number of aromatic nitrogens is 2. The number of thiazole rings is 1. The van der Waals surface area contributed by atoms with Gasteiger partial charge in [0.2, 0.25) is 5.91 Å². The number of carbonyl (C=O) groups is 1. The van der Waals surface area contributed by atoms with Gasteiger partial charge in [0.25, 0.3) is 0 Å². The zero-order valence-electron chi connectivity index (χ0n) is 14.0. The lowest BCUT2D eigenvalue weighted by molar-refractivity contribution is -0.115. The number of rotatable bonds is 5. The second kappa shape index (κ2) is 8.03. The Labute approximate surface area is 165 Å². The van der Waals surface area contributed by atoms with E-state index in [1.54, 1.807) is 20.1 Å². The summed E-state index contributed by atoms with van der Waals surface area (Å²) in [5.41, 5.74) is 2.92. The molecule has 0 spiro atoms. The third-order valence-electron chi connectivity index (χ3n) is 3.62. The lowest BCUT2D eigenvalue weighted by Gasteiger charge is -2.07. The maximum atomic E-state index is 12.3. The smallest absolute Gasteiger partial charge is 0.230 e. The summed E-state index contributed by atoms with van der Waals surface area (Å²) in [7, 11) is 1.62. The summed E-state index contributed by atoms with van der Waals surface area (Å²) in [5, 5.41) is 5.82. The van der Waals surface area contributed by atoms with Crippen LogP contribution in [0.1, 0.15) is 11.3 Å². The number of nitrogens with zero attached hydrogens (tertiary/aromatic N) is 2. The molecule has 134 valence electrons. The molecule has 1 amide bonds. The minimum absolute atomic E-state index is 0.0302. The Morgan fingerprint density at radius 2 is 1.96 bits per heavy atom. The molecular weight excluding hydrogens is 393 g/mol. The minimum atomic E-state index is -0.255. The van der Waals surface area contributed by atoms with Gasteiger partial charge in [-0.25, -0.2) is 9.97 Å². The molecule has 0 bridgehead atoms. The molecule has 8 heteroatoms. The number of benzene rings is 1. The lowest BCUT2D eigenvalue weighted by Crippen LogP contribution is -2.15. The molecule has 0 aliphatic rings. The first-order chi connectivity index (χ1) is 12.5. The van der Waals surface area contributed by atoms with Crippen LogP contribution in [-0.4, -0.2) is 23.0 Å². The van der Waals surface area contributed by atoms with E-state index < -0.39 is 0 Å². The first-order valence-electron chi connectivity index (χ1n) is 7.67. The van der Waals surface area contributed by atoms with Crippen molar-refractivity contribution in [1.29, 1.82) is 0 Å². The molecule has 3 aromatic rings. The molecule has 1 aromatic carbocycles. The Hall–Kier alpha value is -2.15. The SMILES string of the molecule is COc1ccc(-c2csc(NC(=O)Cc3c(Cl)cc(C)nc3Cl)n2)cc1. The number of amides is 1. The number of anilines is 1. The molecule has 0 radical (unpaired) electrons. The van der Waals surface area contributed by atoms with Crippen LogP contribution in [0, 0.1) is 6.92 Å². The normalized spacial score (nSPS) is 10.6. The van der Waals surface area contributed by atoms with Gasteiger partial charge in [0, 0.05) is 27.2 Å². The molecule has 0 saturated carbocycles. The van der Waals surface area contributed by atoms with Gasteiger partial charge in [-0.3, -0.25) is 4.79 Å². The Balaban J connectivity index is 1.70. The third kappa shape index (κ3) is 4.33. The molecule has 0 atom stereocenters. The van der Waals surface area contributed by atoms with Gasteiger partial charge in [0.05, 0.1) is 19.2 Å². The monoisotopic (exact) mass is 407 g/mol. The first-order valence-corrected chi connectivity index (χ1v) is 9.31. The van der Waals surface area contributed by atoms with Crippen molar-refractivity contribution in [2.45, 2.75) is 13.3 Å². The van der Waals surface area contributed by atoms with Gasteiger partial charge in [0.15, 0.2) is 5.13 Å². The highest BCUT2D eigenvalue weighted by atomic mass is 35.5. The summed E-state index contributed by atoms with van der Waals surface area (Å²) in [4.78, 5) is 20.9. The molecule has 2 heterocycles. The molecule has 0 unspecified atom stereocenters. The van der Waals surface area contributed by atoms with Gasteiger partial charge in [-0.05, 0) is 37.3 Å². The van der Waals surface area contributed by atoms with Crippen LogP contribution < -0.4 is 10.1 Å². The van der Waals surface area contributed by atoms with E-state index in [-0.39, 0.29) is 17.5 Å². The highest BCUT2D eigenvalue weighted by Gasteiger charge is 2.14. The molecule has 3 rings (SSSR count). The highest BCUT2D eigenvalue weighted by Crippen LogP contribution is 2.28. The van der Waals surface area contributed by atoms with Crippen LogP contribution in [-0.2, 0) is 11.2 Å². The molecule has 0 aliphatic heterocycles. The largest absolute Gasteiger partial charge is 0.497 e. The van der Waals surface area contributed by atoms with Gasteiger partial charge in [-0.1, -0.05) is 23.2 Å². The molecule has 5 nitrogen and oxygen atoms in total. The average Bonchev–Trinajstić information content (AvgIpc) is 3.06. The number of methoxy groups -OCH3 is 1. The van der Waals surface area contributed by atoms with Crippen LogP contribution in [0.4, 0.5) is 5.13 Å². The maximum Gasteiger partial charge on any atom is 0.230 e. The molecule has 0 saturated heterocycles.